The average molecular weight is 292 g/mol. The van der Waals surface area contributed by atoms with Crippen molar-refractivity contribution in [2.24, 2.45) is 5.41 Å². The molecule has 2 amide bonds. The van der Waals surface area contributed by atoms with Crippen LogP contribution < -0.4 is 10.6 Å². The molecule has 1 atom stereocenters. The van der Waals surface area contributed by atoms with E-state index >= 15 is 0 Å². The van der Waals surface area contributed by atoms with Gasteiger partial charge in [0.15, 0.2) is 0 Å². The highest BCUT2D eigenvalue weighted by atomic mass is 16.3. The molecule has 21 heavy (non-hydrogen) atoms. The second kappa shape index (κ2) is 7.22. The van der Waals surface area contributed by atoms with Crippen LogP contribution in [0.2, 0.25) is 0 Å². The zero-order valence-corrected chi connectivity index (χ0v) is 13.1. The predicted octanol–water partition coefficient (Wildman–Crippen LogP) is 1.71. The number of aliphatic hydroxyl groups is 1. The Hall–Kier alpha value is -1.88. The summed E-state index contributed by atoms with van der Waals surface area (Å²) in [5.74, 6) is -1.47. The van der Waals surface area contributed by atoms with Crippen LogP contribution in [-0.4, -0.2) is 29.6 Å². The minimum atomic E-state index is -0.746. The minimum Gasteiger partial charge on any atom is -0.391 e. The van der Waals surface area contributed by atoms with Gasteiger partial charge in [0.05, 0.1) is 6.10 Å². The topological polar surface area (TPSA) is 78.4 Å². The van der Waals surface area contributed by atoms with Gasteiger partial charge in [-0.1, -0.05) is 45.9 Å². The summed E-state index contributed by atoms with van der Waals surface area (Å²) in [7, 11) is 0. The molecule has 1 aromatic carbocycles. The zero-order valence-electron chi connectivity index (χ0n) is 13.1. The van der Waals surface area contributed by atoms with Crippen LogP contribution in [0.3, 0.4) is 0 Å². The maximum absolute atomic E-state index is 11.8. The molecule has 116 valence electrons. The van der Waals surface area contributed by atoms with Gasteiger partial charge in [0.2, 0.25) is 0 Å². The van der Waals surface area contributed by atoms with Crippen molar-refractivity contribution >= 4 is 17.5 Å². The molecule has 3 N–H and O–H groups in total. The third-order valence-electron chi connectivity index (χ3n) is 3.31. The number of hydrogen-bond donors (Lipinski definition) is 3. The van der Waals surface area contributed by atoms with E-state index in [9.17, 15) is 14.7 Å². The normalized spacial score (nSPS) is 12.6. The predicted molar refractivity (Wildman–Crippen MR) is 82.9 cm³/mol. The van der Waals surface area contributed by atoms with Crippen LogP contribution in [0.5, 0.6) is 0 Å². The van der Waals surface area contributed by atoms with Crippen LogP contribution in [0.1, 0.15) is 33.3 Å². The number of carbonyl (C=O) groups is 2. The van der Waals surface area contributed by atoms with Crippen LogP contribution in [0, 0.1) is 5.41 Å². The summed E-state index contributed by atoms with van der Waals surface area (Å²) in [4.78, 5) is 23.6. The van der Waals surface area contributed by atoms with Gasteiger partial charge in [-0.15, -0.1) is 0 Å². The number of benzene rings is 1. The molecule has 0 radical (unpaired) electrons. The van der Waals surface area contributed by atoms with E-state index in [2.05, 4.69) is 10.6 Å². The summed E-state index contributed by atoms with van der Waals surface area (Å²) >= 11 is 0. The second-order valence-corrected chi connectivity index (χ2v) is 6.06. The molecule has 0 aliphatic heterocycles. The fourth-order valence-corrected chi connectivity index (χ4v) is 1.71. The van der Waals surface area contributed by atoms with Crippen LogP contribution in [0.4, 0.5) is 5.69 Å². The van der Waals surface area contributed by atoms with Gasteiger partial charge in [-0.25, -0.2) is 0 Å². The van der Waals surface area contributed by atoms with Crippen molar-refractivity contribution in [1.29, 1.82) is 0 Å². The summed E-state index contributed by atoms with van der Waals surface area (Å²) in [5, 5.41) is 14.9. The lowest BCUT2D eigenvalue weighted by molar-refractivity contribution is -0.136. The molecule has 0 aliphatic rings. The Balaban J connectivity index is 2.58. The molecule has 0 bridgehead atoms. The molecular weight excluding hydrogens is 268 g/mol. The fourth-order valence-electron chi connectivity index (χ4n) is 1.71. The van der Waals surface area contributed by atoms with Gasteiger partial charge in [-0.3, -0.25) is 9.59 Å². The molecule has 0 aliphatic carbocycles. The molecule has 0 saturated heterocycles. The molecule has 5 heteroatoms. The van der Waals surface area contributed by atoms with Gasteiger partial charge in [-0.2, -0.15) is 0 Å². The lowest BCUT2D eigenvalue weighted by Crippen LogP contribution is -2.43. The first-order valence-corrected chi connectivity index (χ1v) is 7.10. The third kappa shape index (κ3) is 5.19. The van der Waals surface area contributed by atoms with E-state index in [1.165, 1.54) is 0 Å². The quantitative estimate of drug-likeness (QED) is 0.739. The Bertz CT molecular complexity index is 506. The van der Waals surface area contributed by atoms with E-state index in [-0.39, 0.29) is 12.0 Å². The van der Waals surface area contributed by atoms with Crippen LogP contribution in [0.15, 0.2) is 24.3 Å². The van der Waals surface area contributed by atoms with E-state index < -0.39 is 17.9 Å². The Morgan fingerprint density at radius 1 is 1.19 bits per heavy atom. The maximum atomic E-state index is 11.8. The third-order valence-corrected chi connectivity index (χ3v) is 3.31. The highest BCUT2D eigenvalue weighted by molar-refractivity contribution is 6.39. The summed E-state index contributed by atoms with van der Waals surface area (Å²) in [5.41, 5.74) is 1.25. The van der Waals surface area contributed by atoms with Gasteiger partial charge in [-0.05, 0) is 23.5 Å². The molecule has 1 aromatic rings. The number of nitrogens with one attached hydrogen (secondary N) is 2. The Labute approximate surface area is 125 Å². The molecular formula is C16H24N2O3. The zero-order chi connectivity index (χ0) is 16.0. The Kier molecular flexibility index (Phi) is 5.90. The smallest absolute Gasteiger partial charge is 0.313 e. The van der Waals surface area contributed by atoms with Crippen molar-refractivity contribution in [3.05, 3.63) is 29.8 Å². The number of para-hydroxylation sites is 1. The molecule has 5 nitrogen and oxygen atoms in total. The van der Waals surface area contributed by atoms with Gasteiger partial charge in [0.25, 0.3) is 0 Å². The van der Waals surface area contributed by atoms with Crippen molar-refractivity contribution < 1.29 is 14.7 Å². The summed E-state index contributed by atoms with van der Waals surface area (Å²) in [6.45, 7) is 7.61. The van der Waals surface area contributed by atoms with E-state index in [1.807, 2.05) is 39.8 Å². The van der Waals surface area contributed by atoms with Crippen molar-refractivity contribution in [3.8, 4) is 0 Å². The number of amides is 2. The average Bonchev–Trinajstić information content (AvgIpc) is 2.43. The van der Waals surface area contributed by atoms with Crippen LogP contribution in [0.25, 0.3) is 0 Å². The first-order valence-electron chi connectivity index (χ1n) is 7.10. The monoisotopic (exact) mass is 292 g/mol. The standard InChI is InChI=1S/C16H24N2O3/c1-5-11-8-6-7-9-12(11)18-15(21)14(20)17-10-13(19)16(2,3)4/h6-9,13,19H,5,10H2,1-4H3,(H,17,20)(H,18,21). The number of aliphatic hydroxyl groups excluding tert-OH is 1. The van der Waals surface area contributed by atoms with Crippen LogP contribution >= 0.6 is 0 Å². The first-order chi connectivity index (χ1) is 9.75. The summed E-state index contributed by atoms with van der Waals surface area (Å²) in [6.07, 6.45) is 0.0537. The maximum Gasteiger partial charge on any atom is 0.313 e. The first kappa shape index (κ1) is 17.2. The van der Waals surface area contributed by atoms with Crippen molar-refractivity contribution in [2.45, 2.75) is 40.2 Å². The lowest BCUT2D eigenvalue weighted by Gasteiger charge is -2.25. The molecule has 1 unspecified atom stereocenters. The SMILES string of the molecule is CCc1ccccc1NC(=O)C(=O)NCC(O)C(C)(C)C. The number of rotatable bonds is 4. The van der Waals surface area contributed by atoms with Gasteiger partial charge in [0.1, 0.15) is 0 Å². The van der Waals surface area contributed by atoms with Crippen LogP contribution in [-0.2, 0) is 16.0 Å². The van der Waals surface area contributed by atoms with Gasteiger partial charge >= 0.3 is 11.8 Å². The second-order valence-electron chi connectivity index (χ2n) is 6.06. The molecule has 0 spiro atoms. The molecule has 0 fully saturated rings. The minimum absolute atomic E-state index is 0.0468. The van der Waals surface area contributed by atoms with E-state index in [0.717, 1.165) is 12.0 Å². The molecule has 1 rings (SSSR count). The number of carbonyl (C=O) groups excluding carboxylic acids is 2. The number of hydrogen-bond acceptors (Lipinski definition) is 3. The van der Waals surface area contributed by atoms with Crippen molar-refractivity contribution in [1.82, 2.24) is 5.32 Å². The summed E-state index contributed by atoms with van der Waals surface area (Å²) < 4.78 is 0. The number of anilines is 1. The van der Waals surface area contributed by atoms with Crippen molar-refractivity contribution in [3.63, 3.8) is 0 Å². The molecule has 0 aromatic heterocycles. The van der Waals surface area contributed by atoms with Gasteiger partial charge < -0.3 is 15.7 Å². The highest BCUT2D eigenvalue weighted by Crippen LogP contribution is 2.18. The Morgan fingerprint density at radius 2 is 1.81 bits per heavy atom. The lowest BCUT2D eigenvalue weighted by atomic mass is 9.89. The van der Waals surface area contributed by atoms with Crippen molar-refractivity contribution in [2.75, 3.05) is 11.9 Å². The van der Waals surface area contributed by atoms with E-state index in [4.69, 9.17) is 0 Å². The number of aryl methyl sites for hydroxylation is 1. The fraction of sp³-hybridized carbons (Fsp3) is 0.500. The van der Waals surface area contributed by atoms with E-state index in [1.54, 1.807) is 12.1 Å². The Morgan fingerprint density at radius 3 is 2.38 bits per heavy atom. The summed E-state index contributed by atoms with van der Waals surface area (Å²) in [6, 6.07) is 7.34. The molecule has 0 saturated carbocycles. The van der Waals surface area contributed by atoms with E-state index in [0.29, 0.717) is 5.69 Å². The highest BCUT2D eigenvalue weighted by Gasteiger charge is 2.24. The van der Waals surface area contributed by atoms with Gasteiger partial charge in [0, 0.05) is 12.2 Å². The largest absolute Gasteiger partial charge is 0.391 e. The molecule has 0 heterocycles.